The summed E-state index contributed by atoms with van der Waals surface area (Å²) in [6.45, 7) is 5.91. The van der Waals surface area contributed by atoms with Gasteiger partial charge in [-0.2, -0.15) is 0 Å². The lowest BCUT2D eigenvalue weighted by molar-refractivity contribution is -0.150. The Balaban J connectivity index is 1.68. The van der Waals surface area contributed by atoms with Gasteiger partial charge in [0.05, 0.1) is 18.2 Å². The van der Waals surface area contributed by atoms with E-state index in [1.165, 1.54) is 7.11 Å². The fourth-order valence-corrected chi connectivity index (χ4v) is 3.07. The van der Waals surface area contributed by atoms with Crippen LogP contribution in [0.1, 0.15) is 42.3 Å². The summed E-state index contributed by atoms with van der Waals surface area (Å²) in [4.78, 5) is 24.5. The Hall–Kier alpha value is -4.06. The molecule has 0 bridgehead atoms. The van der Waals surface area contributed by atoms with Crippen LogP contribution in [0.25, 0.3) is 6.08 Å². The molecule has 0 unspecified atom stereocenters. The molecule has 0 aliphatic carbocycles. The first-order valence-corrected chi connectivity index (χ1v) is 11.3. The van der Waals surface area contributed by atoms with Gasteiger partial charge < -0.3 is 18.9 Å². The fourth-order valence-electron chi connectivity index (χ4n) is 3.07. The molecule has 0 radical (unpaired) electrons. The number of hydrogen-bond donors (Lipinski definition) is 0. The topological polar surface area (TPSA) is 71.1 Å². The minimum absolute atomic E-state index is 0.0118. The molecule has 0 heterocycles. The van der Waals surface area contributed by atoms with Crippen LogP contribution in [0.2, 0.25) is 0 Å². The van der Waals surface area contributed by atoms with Crippen LogP contribution in [0, 0.1) is 0 Å². The maximum absolute atomic E-state index is 12.8. The molecule has 0 N–H and O–H groups in total. The molecule has 0 saturated carbocycles. The van der Waals surface area contributed by atoms with Gasteiger partial charge in [0.25, 0.3) is 0 Å². The van der Waals surface area contributed by atoms with Gasteiger partial charge in [-0.25, -0.2) is 9.59 Å². The summed E-state index contributed by atoms with van der Waals surface area (Å²) >= 11 is 0. The van der Waals surface area contributed by atoms with Crippen molar-refractivity contribution >= 4 is 18.0 Å². The number of carbonyl (C=O) groups is 2. The van der Waals surface area contributed by atoms with Gasteiger partial charge in [0.2, 0.25) is 0 Å². The first-order valence-electron chi connectivity index (χ1n) is 11.3. The van der Waals surface area contributed by atoms with Gasteiger partial charge in [-0.15, -0.1) is 0 Å². The number of hydrogen-bond acceptors (Lipinski definition) is 6. The van der Waals surface area contributed by atoms with Crippen LogP contribution in [0.5, 0.6) is 11.5 Å². The summed E-state index contributed by atoms with van der Waals surface area (Å²) in [7, 11) is 1.33. The van der Waals surface area contributed by atoms with E-state index in [1.807, 2.05) is 63.2 Å². The van der Waals surface area contributed by atoms with Gasteiger partial charge in [-0.3, -0.25) is 0 Å². The van der Waals surface area contributed by atoms with E-state index < -0.39 is 17.5 Å². The summed E-state index contributed by atoms with van der Waals surface area (Å²) in [6, 6.07) is 23.9. The van der Waals surface area contributed by atoms with Crippen molar-refractivity contribution in [2.24, 2.45) is 0 Å². The van der Waals surface area contributed by atoms with Crippen molar-refractivity contribution in [3.8, 4) is 11.5 Å². The minimum Gasteiger partial charge on any atom is -0.489 e. The van der Waals surface area contributed by atoms with E-state index >= 15 is 0 Å². The van der Waals surface area contributed by atoms with Crippen LogP contribution in [0.15, 0.2) is 84.4 Å². The van der Waals surface area contributed by atoms with Gasteiger partial charge in [0.15, 0.2) is 0 Å². The highest BCUT2D eigenvalue weighted by Crippen LogP contribution is 2.21. The van der Waals surface area contributed by atoms with Crippen LogP contribution < -0.4 is 9.47 Å². The summed E-state index contributed by atoms with van der Waals surface area (Å²) in [6.07, 6.45) is 1.69. The van der Waals surface area contributed by atoms with Gasteiger partial charge in [0.1, 0.15) is 30.3 Å². The van der Waals surface area contributed by atoms with Crippen molar-refractivity contribution < 1.29 is 28.5 Å². The molecular formula is C29H30O6. The second kappa shape index (κ2) is 11.9. The molecule has 0 spiro atoms. The lowest BCUT2D eigenvalue weighted by Gasteiger charge is -2.21. The number of rotatable bonds is 9. The third kappa shape index (κ3) is 8.34. The van der Waals surface area contributed by atoms with E-state index in [-0.39, 0.29) is 6.61 Å². The average molecular weight is 475 g/mol. The molecular weight excluding hydrogens is 444 g/mol. The van der Waals surface area contributed by atoms with Gasteiger partial charge in [-0.05, 0) is 74.4 Å². The van der Waals surface area contributed by atoms with Gasteiger partial charge in [0, 0.05) is 0 Å². The third-order valence-corrected chi connectivity index (χ3v) is 4.80. The summed E-state index contributed by atoms with van der Waals surface area (Å²) in [5.74, 6) is 0.409. The Morgan fingerprint density at radius 1 is 0.800 bits per heavy atom. The second-order valence-electron chi connectivity index (χ2n) is 8.82. The van der Waals surface area contributed by atoms with E-state index in [0.29, 0.717) is 23.5 Å². The molecule has 6 heteroatoms. The lowest BCUT2D eigenvalue weighted by atomic mass is 10.1. The van der Waals surface area contributed by atoms with Crippen LogP contribution >= 0.6 is 0 Å². The molecule has 3 rings (SSSR count). The first-order chi connectivity index (χ1) is 16.7. The maximum atomic E-state index is 12.8. The first kappa shape index (κ1) is 25.6. The largest absolute Gasteiger partial charge is 0.489 e. The Morgan fingerprint density at radius 2 is 1.40 bits per heavy atom. The summed E-state index contributed by atoms with van der Waals surface area (Å²) < 4.78 is 22.0. The van der Waals surface area contributed by atoms with Crippen molar-refractivity contribution in [1.29, 1.82) is 0 Å². The number of esters is 2. The molecule has 0 atom stereocenters. The zero-order valence-electron chi connectivity index (χ0n) is 20.4. The van der Waals surface area contributed by atoms with Crippen LogP contribution in [0.3, 0.4) is 0 Å². The molecule has 3 aromatic carbocycles. The Kier molecular flexibility index (Phi) is 8.68. The van der Waals surface area contributed by atoms with E-state index in [9.17, 15) is 9.59 Å². The predicted octanol–water partition coefficient (Wildman–Crippen LogP) is 5.86. The summed E-state index contributed by atoms with van der Waals surface area (Å²) in [5.41, 5.74) is 1.93. The number of carbonyl (C=O) groups excluding carboxylic acids is 2. The van der Waals surface area contributed by atoms with Crippen LogP contribution in [0.4, 0.5) is 0 Å². The molecule has 3 aromatic rings. The molecule has 0 aliphatic rings. The normalized spacial score (nSPS) is 11.5. The molecule has 0 amide bonds. The molecule has 0 aliphatic heterocycles. The molecule has 6 nitrogen and oxygen atoms in total. The standard InChI is InChI=1S/C29H30O6/c1-29(2,3)35-28(31)24(18-21-10-12-23(13-11-21)27(30)32-4)20-34-26-16-14-25(15-17-26)33-19-22-8-6-5-7-9-22/h5-18H,19-20H2,1-4H3. The fraction of sp³-hybridized carbons (Fsp3) is 0.241. The zero-order chi connectivity index (χ0) is 25.3. The third-order valence-electron chi connectivity index (χ3n) is 4.80. The van der Waals surface area contributed by atoms with Crippen LogP contribution in [-0.2, 0) is 20.9 Å². The maximum Gasteiger partial charge on any atom is 0.338 e. The monoisotopic (exact) mass is 474 g/mol. The zero-order valence-corrected chi connectivity index (χ0v) is 20.4. The molecule has 35 heavy (non-hydrogen) atoms. The number of benzene rings is 3. The molecule has 0 aromatic heterocycles. The Morgan fingerprint density at radius 3 is 1.97 bits per heavy atom. The van der Waals surface area contributed by atoms with Crippen LogP contribution in [-0.4, -0.2) is 31.3 Å². The predicted molar refractivity (Wildman–Crippen MR) is 134 cm³/mol. The quantitative estimate of drug-likeness (QED) is 0.286. The Bertz CT molecular complexity index is 1140. The second-order valence-corrected chi connectivity index (χ2v) is 8.82. The van der Waals surface area contributed by atoms with Crippen molar-refractivity contribution in [2.75, 3.05) is 13.7 Å². The summed E-state index contributed by atoms with van der Waals surface area (Å²) in [5, 5.41) is 0. The average Bonchev–Trinajstić information content (AvgIpc) is 2.85. The highest BCUT2D eigenvalue weighted by Gasteiger charge is 2.20. The molecule has 0 saturated heterocycles. The van der Waals surface area contributed by atoms with E-state index in [2.05, 4.69) is 0 Å². The van der Waals surface area contributed by atoms with E-state index in [0.717, 1.165) is 16.9 Å². The van der Waals surface area contributed by atoms with Crippen molar-refractivity contribution in [3.05, 3.63) is 101 Å². The number of ether oxygens (including phenoxy) is 4. The minimum atomic E-state index is -0.650. The van der Waals surface area contributed by atoms with E-state index in [1.54, 1.807) is 42.5 Å². The number of methoxy groups -OCH3 is 1. The highest BCUT2D eigenvalue weighted by molar-refractivity contribution is 5.94. The van der Waals surface area contributed by atoms with Crippen molar-refractivity contribution in [2.45, 2.75) is 33.0 Å². The smallest absolute Gasteiger partial charge is 0.338 e. The molecule has 182 valence electrons. The Labute approximate surface area is 206 Å². The molecule has 0 fully saturated rings. The van der Waals surface area contributed by atoms with Gasteiger partial charge in [-0.1, -0.05) is 42.5 Å². The lowest BCUT2D eigenvalue weighted by Crippen LogP contribution is -2.26. The van der Waals surface area contributed by atoms with E-state index in [4.69, 9.17) is 18.9 Å². The van der Waals surface area contributed by atoms with Crippen molar-refractivity contribution in [1.82, 2.24) is 0 Å². The SMILES string of the molecule is COC(=O)c1ccc(C=C(COc2ccc(OCc3ccccc3)cc2)C(=O)OC(C)(C)C)cc1. The van der Waals surface area contributed by atoms with Crippen molar-refractivity contribution in [3.63, 3.8) is 0 Å². The highest BCUT2D eigenvalue weighted by atomic mass is 16.6. The van der Waals surface area contributed by atoms with Gasteiger partial charge >= 0.3 is 11.9 Å².